The molecule has 1 saturated heterocycles. The van der Waals surface area contributed by atoms with Crippen molar-refractivity contribution in [3.63, 3.8) is 0 Å². The lowest BCUT2D eigenvalue weighted by Gasteiger charge is -2.33. The molecule has 0 bridgehead atoms. The molecule has 2 aromatic rings. The molecule has 1 unspecified atom stereocenters. The van der Waals surface area contributed by atoms with Crippen LogP contribution in [0.2, 0.25) is 5.02 Å². The van der Waals surface area contributed by atoms with Crippen molar-refractivity contribution >= 4 is 28.2 Å². The van der Waals surface area contributed by atoms with Gasteiger partial charge < -0.3 is 5.32 Å². The largest absolute Gasteiger partial charge is 0.383 e. The van der Waals surface area contributed by atoms with E-state index in [1.807, 2.05) is 30.5 Å². The maximum atomic E-state index is 6.03. The Morgan fingerprint density at radius 1 is 1.33 bits per heavy atom. The zero-order valence-corrected chi connectivity index (χ0v) is 13.2. The molecule has 3 nitrogen and oxygen atoms in total. The number of pyridine rings is 1. The summed E-state index contributed by atoms with van der Waals surface area (Å²) in [4.78, 5) is 6.96. The third kappa shape index (κ3) is 3.47. The van der Waals surface area contributed by atoms with E-state index in [1.165, 1.54) is 25.8 Å². The van der Waals surface area contributed by atoms with Crippen LogP contribution in [0.5, 0.6) is 0 Å². The highest BCUT2D eigenvalue weighted by atomic mass is 35.5. The SMILES string of the molecule is CC1CCCCN1CCNc1ccnc2cc(Cl)ccc12. The predicted molar refractivity (Wildman–Crippen MR) is 90.1 cm³/mol. The van der Waals surface area contributed by atoms with Gasteiger partial charge in [-0.05, 0) is 50.6 Å². The molecular weight excluding hydrogens is 282 g/mol. The van der Waals surface area contributed by atoms with Crippen molar-refractivity contribution < 1.29 is 0 Å². The highest BCUT2D eigenvalue weighted by Gasteiger charge is 2.17. The molecule has 1 N–H and O–H groups in total. The van der Waals surface area contributed by atoms with Gasteiger partial charge in [-0.2, -0.15) is 0 Å². The Morgan fingerprint density at radius 2 is 2.24 bits per heavy atom. The Balaban J connectivity index is 1.65. The summed E-state index contributed by atoms with van der Waals surface area (Å²) in [5.74, 6) is 0. The quantitative estimate of drug-likeness (QED) is 0.918. The Labute approximate surface area is 131 Å². The number of rotatable bonds is 4. The lowest BCUT2D eigenvalue weighted by atomic mass is 10.0. The van der Waals surface area contributed by atoms with Gasteiger partial charge in [0.05, 0.1) is 5.52 Å². The summed E-state index contributed by atoms with van der Waals surface area (Å²) < 4.78 is 0. The van der Waals surface area contributed by atoms with Gasteiger partial charge in [-0.25, -0.2) is 0 Å². The molecule has 1 aromatic heterocycles. The summed E-state index contributed by atoms with van der Waals surface area (Å²) >= 11 is 6.03. The van der Waals surface area contributed by atoms with E-state index in [0.29, 0.717) is 6.04 Å². The van der Waals surface area contributed by atoms with E-state index in [-0.39, 0.29) is 0 Å². The van der Waals surface area contributed by atoms with Gasteiger partial charge in [0.15, 0.2) is 0 Å². The topological polar surface area (TPSA) is 28.2 Å². The minimum atomic E-state index is 0.716. The van der Waals surface area contributed by atoms with Crippen molar-refractivity contribution in [3.05, 3.63) is 35.5 Å². The average Bonchev–Trinajstić information content (AvgIpc) is 2.49. The molecule has 4 heteroatoms. The van der Waals surface area contributed by atoms with Crippen LogP contribution in [0, 0.1) is 0 Å². The molecule has 1 aromatic carbocycles. The molecular formula is C17H22ClN3. The molecule has 0 amide bonds. The van der Waals surface area contributed by atoms with Gasteiger partial charge in [0.1, 0.15) is 0 Å². The molecule has 112 valence electrons. The molecule has 1 fully saturated rings. The van der Waals surface area contributed by atoms with Crippen LogP contribution in [0.4, 0.5) is 5.69 Å². The average molecular weight is 304 g/mol. The highest BCUT2D eigenvalue weighted by Crippen LogP contribution is 2.24. The van der Waals surface area contributed by atoms with Crippen molar-refractivity contribution in [1.29, 1.82) is 0 Å². The number of benzene rings is 1. The molecule has 0 aliphatic carbocycles. The van der Waals surface area contributed by atoms with Gasteiger partial charge in [0, 0.05) is 41.4 Å². The van der Waals surface area contributed by atoms with Crippen LogP contribution in [0.15, 0.2) is 30.5 Å². The Bertz CT molecular complexity index is 614. The fourth-order valence-corrected chi connectivity index (χ4v) is 3.27. The molecule has 1 aliphatic rings. The number of likely N-dealkylation sites (tertiary alicyclic amines) is 1. The van der Waals surface area contributed by atoms with Crippen molar-refractivity contribution in [1.82, 2.24) is 9.88 Å². The summed E-state index contributed by atoms with van der Waals surface area (Å²) in [5, 5.41) is 5.41. The normalized spacial score (nSPS) is 19.8. The van der Waals surface area contributed by atoms with E-state index < -0.39 is 0 Å². The third-order valence-electron chi connectivity index (χ3n) is 4.36. The second-order valence-corrected chi connectivity index (χ2v) is 6.26. The first-order valence-corrected chi connectivity index (χ1v) is 8.14. The van der Waals surface area contributed by atoms with E-state index in [1.54, 1.807) is 0 Å². The van der Waals surface area contributed by atoms with Gasteiger partial charge in [-0.3, -0.25) is 9.88 Å². The number of anilines is 1. The minimum absolute atomic E-state index is 0.716. The predicted octanol–water partition coefficient (Wildman–Crippen LogP) is 4.17. The van der Waals surface area contributed by atoms with Crippen molar-refractivity contribution in [2.45, 2.75) is 32.2 Å². The second kappa shape index (κ2) is 6.63. The minimum Gasteiger partial charge on any atom is -0.383 e. The van der Waals surface area contributed by atoms with Gasteiger partial charge in [0.25, 0.3) is 0 Å². The third-order valence-corrected chi connectivity index (χ3v) is 4.59. The molecule has 0 spiro atoms. The number of nitrogens with zero attached hydrogens (tertiary/aromatic N) is 2. The summed E-state index contributed by atoms with van der Waals surface area (Å²) in [6.45, 7) is 5.63. The van der Waals surface area contributed by atoms with Gasteiger partial charge in [-0.1, -0.05) is 18.0 Å². The van der Waals surface area contributed by atoms with Gasteiger partial charge in [-0.15, -0.1) is 0 Å². The molecule has 1 aliphatic heterocycles. The summed E-state index contributed by atoms with van der Waals surface area (Å²) in [6, 6.07) is 8.62. The van der Waals surface area contributed by atoms with Crippen LogP contribution in [0.25, 0.3) is 10.9 Å². The summed E-state index contributed by atoms with van der Waals surface area (Å²) in [7, 11) is 0. The number of piperidine rings is 1. The number of aromatic nitrogens is 1. The first kappa shape index (κ1) is 14.6. The van der Waals surface area contributed by atoms with Crippen molar-refractivity contribution in [2.75, 3.05) is 25.0 Å². The smallest absolute Gasteiger partial charge is 0.0737 e. The number of fused-ring (bicyclic) bond motifs is 1. The molecule has 21 heavy (non-hydrogen) atoms. The molecule has 0 radical (unpaired) electrons. The number of nitrogens with one attached hydrogen (secondary N) is 1. The Hall–Kier alpha value is -1.32. The molecule has 3 rings (SSSR count). The van der Waals surface area contributed by atoms with E-state index in [0.717, 1.165) is 34.7 Å². The summed E-state index contributed by atoms with van der Waals surface area (Å²) in [5.41, 5.74) is 2.08. The molecule has 0 saturated carbocycles. The van der Waals surface area contributed by atoms with Gasteiger partial charge in [0.2, 0.25) is 0 Å². The monoisotopic (exact) mass is 303 g/mol. The van der Waals surface area contributed by atoms with E-state index in [4.69, 9.17) is 11.6 Å². The number of halogens is 1. The van der Waals surface area contributed by atoms with Crippen LogP contribution in [0.3, 0.4) is 0 Å². The lowest BCUT2D eigenvalue weighted by molar-refractivity contribution is 0.167. The van der Waals surface area contributed by atoms with E-state index in [9.17, 15) is 0 Å². The number of hydrogen-bond donors (Lipinski definition) is 1. The summed E-state index contributed by atoms with van der Waals surface area (Å²) in [6.07, 6.45) is 5.88. The zero-order chi connectivity index (χ0) is 14.7. The van der Waals surface area contributed by atoms with Crippen LogP contribution in [-0.2, 0) is 0 Å². The van der Waals surface area contributed by atoms with E-state index in [2.05, 4.69) is 22.1 Å². The van der Waals surface area contributed by atoms with E-state index >= 15 is 0 Å². The standard InChI is InChI=1S/C17H22ClN3/c1-13-4-2-3-10-21(13)11-9-20-16-7-8-19-17-12-14(18)5-6-15(16)17/h5-8,12-13H,2-4,9-11H2,1H3,(H,19,20). The second-order valence-electron chi connectivity index (χ2n) is 5.83. The fraction of sp³-hybridized carbons (Fsp3) is 0.471. The molecule has 2 heterocycles. The maximum absolute atomic E-state index is 6.03. The fourth-order valence-electron chi connectivity index (χ4n) is 3.10. The van der Waals surface area contributed by atoms with Crippen LogP contribution >= 0.6 is 11.6 Å². The first-order chi connectivity index (χ1) is 10.2. The van der Waals surface area contributed by atoms with Gasteiger partial charge >= 0.3 is 0 Å². The lowest BCUT2D eigenvalue weighted by Crippen LogP contribution is -2.40. The maximum Gasteiger partial charge on any atom is 0.0737 e. The zero-order valence-electron chi connectivity index (χ0n) is 12.5. The van der Waals surface area contributed by atoms with Crippen molar-refractivity contribution in [2.24, 2.45) is 0 Å². The first-order valence-electron chi connectivity index (χ1n) is 7.76. The van der Waals surface area contributed by atoms with Crippen LogP contribution < -0.4 is 5.32 Å². The van der Waals surface area contributed by atoms with Crippen LogP contribution in [0.1, 0.15) is 26.2 Å². The Morgan fingerprint density at radius 3 is 3.10 bits per heavy atom. The van der Waals surface area contributed by atoms with Crippen molar-refractivity contribution in [3.8, 4) is 0 Å². The highest BCUT2D eigenvalue weighted by molar-refractivity contribution is 6.31. The Kier molecular flexibility index (Phi) is 4.61. The van der Waals surface area contributed by atoms with Crippen LogP contribution in [-0.4, -0.2) is 35.6 Å². The number of hydrogen-bond acceptors (Lipinski definition) is 3. The molecule has 1 atom stereocenters.